The van der Waals surface area contributed by atoms with Gasteiger partial charge < -0.3 is 10.6 Å². The van der Waals surface area contributed by atoms with Gasteiger partial charge in [0.05, 0.1) is 0 Å². The summed E-state index contributed by atoms with van der Waals surface area (Å²) in [6, 6.07) is 25.0. The molecule has 0 unspecified atom stereocenters. The van der Waals surface area contributed by atoms with E-state index in [4.69, 9.17) is 0 Å². The molecule has 118 valence electrons. The van der Waals surface area contributed by atoms with E-state index in [-0.39, 0.29) is 11.8 Å². The predicted octanol–water partition coefficient (Wildman–Crippen LogP) is 4.19. The van der Waals surface area contributed by atoms with E-state index in [1.807, 2.05) is 36.4 Å². The van der Waals surface area contributed by atoms with Crippen LogP contribution in [0.1, 0.15) is 20.7 Å². The lowest BCUT2D eigenvalue weighted by Gasteiger charge is -2.08. The van der Waals surface area contributed by atoms with Gasteiger partial charge in [-0.3, -0.25) is 9.59 Å². The van der Waals surface area contributed by atoms with Crippen LogP contribution in [0, 0.1) is 0 Å². The maximum atomic E-state index is 12.1. The number of hydrogen-bond acceptors (Lipinski definition) is 2. The van der Waals surface area contributed by atoms with E-state index < -0.39 is 0 Å². The van der Waals surface area contributed by atoms with Crippen molar-refractivity contribution in [3.8, 4) is 0 Å². The van der Waals surface area contributed by atoms with Crippen LogP contribution >= 0.6 is 0 Å². The fourth-order valence-electron chi connectivity index (χ4n) is 2.22. The first-order chi connectivity index (χ1) is 11.7. The van der Waals surface area contributed by atoms with Gasteiger partial charge in [0.2, 0.25) is 0 Å². The van der Waals surface area contributed by atoms with Crippen LogP contribution in [-0.4, -0.2) is 11.8 Å². The zero-order valence-electron chi connectivity index (χ0n) is 12.9. The molecule has 0 spiro atoms. The maximum absolute atomic E-state index is 12.1. The number of rotatable bonds is 4. The molecule has 0 aromatic heterocycles. The number of carbonyl (C=O) groups excluding carboxylic acids is 2. The fraction of sp³-hybridized carbons (Fsp3) is 0. The Morgan fingerprint density at radius 2 is 0.833 bits per heavy atom. The van der Waals surface area contributed by atoms with E-state index in [0.29, 0.717) is 22.5 Å². The largest absolute Gasteiger partial charge is 0.322 e. The van der Waals surface area contributed by atoms with Crippen molar-refractivity contribution in [2.24, 2.45) is 0 Å². The first-order valence-electron chi connectivity index (χ1n) is 7.55. The molecule has 0 bridgehead atoms. The summed E-state index contributed by atoms with van der Waals surface area (Å²) in [5, 5.41) is 5.64. The van der Waals surface area contributed by atoms with Crippen LogP contribution in [0.25, 0.3) is 0 Å². The monoisotopic (exact) mass is 316 g/mol. The van der Waals surface area contributed by atoms with Gasteiger partial charge in [-0.1, -0.05) is 36.4 Å². The highest BCUT2D eigenvalue weighted by molar-refractivity contribution is 6.05. The normalized spacial score (nSPS) is 10.0. The number of amides is 2. The Kier molecular flexibility index (Phi) is 4.68. The van der Waals surface area contributed by atoms with E-state index in [1.54, 1.807) is 48.5 Å². The van der Waals surface area contributed by atoms with Crippen LogP contribution in [0.2, 0.25) is 0 Å². The van der Waals surface area contributed by atoms with Gasteiger partial charge in [0.25, 0.3) is 11.8 Å². The smallest absolute Gasteiger partial charge is 0.255 e. The highest BCUT2D eigenvalue weighted by atomic mass is 16.2. The van der Waals surface area contributed by atoms with Gasteiger partial charge in [-0.15, -0.1) is 0 Å². The van der Waals surface area contributed by atoms with E-state index in [9.17, 15) is 9.59 Å². The van der Waals surface area contributed by atoms with Crippen molar-refractivity contribution in [1.29, 1.82) is 0 Å². The molecule has 3 rings (SSSR count). The molecule has 0 saturated carbocycles. The SMILES string of the molecule is O=C(Nc1ccc(NC(=O)c2ccccc2)cc1)c1ccccc1. The Bertz CT molecular complexity index is 756. The van der Waals surface area contributed by atoms with Gasteiger partial charge >= 0.3 is 0 Å². The summed E-state index contributed by atoms with van der Waals surface area (Å²) in [5.41, 5.74) is 2.53. The van der Waals surface area contributed by atoms with E-state index >= 15 is 0 Å². The van der Waals surface area contributed by atoms with Crippen molar-refractivity contribution >= 4 is 23.2 Å². The Labute approximate surface area is 140 Å². The summed E-state index contributed by atoms with van der Waals surface area (Å²) >= 11 is 0. The van der Waals surface area contributed by atoms with Crippen LogP contribution in [0.4, 0.5) is 11.4 Å². The second-order valence-electron chi connectivity index (χ2n) is 5.22. The Morgan fingerprint density at radius 3 is 1.17 bits per heavy atom. The van der Waals surface area contributed by atoms with Gasteiger partial charge in [0.15, 0.2) is 0 Å². The number of benzene rings is 3. The standard InChI is InChI=1S/C20H16N2O2/c23-19(15-7-3-1-4-8-15)21-17-11-13-18(14-12-17)22-20(24)16-9-5-2-6-10-16/h1-14H,(H,21,23)(H,22,24). The lowest BCUT2D eigenvalue weighted by atomic mass is 10.2. The molecule has 2 amide bonds. The molecule has 0 heterocycles. The summed E-state index contributed by atoms with van der Waals surface area (Å²) < 4.78 is 0. The molecule has 4 heteroatoms. The number of hydrogen-bond donors (Lipinski definition) is 2. The molecule has 0 atom stereocenters. The van der Waals surface area contributed by atoms with E-state index in [1.165, 1.54) is 0 Å². The van der Waals surface area contributed by atoms with Crippen molar-refractivity contribution in [2.45, 2.75) is 0 Å². The van der Waals surface area contributed by atoms with Crippen molar-refractivity contribution in [3.63, 3.8) is 0 Å². The Balaban J connectivity index is 1.63. The quantitative estimate of drug-likeness (QED) is 0.758. The van der Waals surface area contributed by atoms with Gasteiger partial charge in [-0.25, -0.2) is 0 Å². The lowest BCUT2D eigenvalue weighted by Crippen LogP contribution is -2.13. The predicted molar refractivity (Wildman–Crippen MR) is 95.2 cm³/mol. The maximum Gasteiger partial charge on any atom is 0.255 e. The van der Waals surface area contributed by atoms with E-state index in [2.05, 4.69) is 10.6 Å². The summed E-state index contributed by atoms with van der Waals surface area (Å²) in [6.45, 7) is 0. The van der Waals surface area contributed by atoms with Gasteiger partial charge in [0.1, 0.15) is 0 Å². The van der Waals surface area contributed by atoms with Crippen molar-refractivity contribution < 1.29 is 9.59 Å². The number of nitrogens with one attached hydrogen (secondary N) is 2. The van der Waals surface area contributed by atoms with Crippen LogP contribution in [0.3, 0.4) is 0 Å². The molecule has 0 aliphatic heterocycles. The molecule has 3 aromatic carbocycles. The fourth-order valence-corrected chi connectivity index (χ4v) is 2.22. The molecule has 0 fully saturated rings. The van der Waals surface area contributed by atoms with Gasteiger partial charge in [0, 0.05) is 22.5 Å². The number of anilines is 2. The van der Waals surface area contributed by atoms with Crippen LogP contribution < -0.4 is 10.6 Å². The zero-order chi connectivity index (χ0) is 16.8. The highest BCUT2D eigenvalue weighted by Gasteiger charge is 2.07. The second-order valence-corrected chi connectivity index (χ2v) is 5.22. The molecular weight excluding hydrogens is 300 g/mol. The molecule has 4 nitrogen and oxygen atoms in total. The first kappa shape index (κ1) is 15.5. The highest BCUT2D eigenvalue weighted by Crippen LogP contribution is 2.15. The minimum atomic E-state index is -0.170. The molecule has 0 saturated heterocycles. The zero-order valence-corrected chi connectivity index (χ0v) is 12.9. The van der Waals surface area contributed by atoms with Gasteiger partial charge in [-0.05, 0) is 48.5 Å². The van der Waals surface area contributed by atoms with Crippen molar-refractivity contribution in [1.82, 2.24) is 0 Å². The van der Waals surface area contributed by atoms with Crippen LogP contribution in [0.15, 0.2) is 84.9 Å². The Hall–Kier alpha value is -3.40. The minimum absolute atomic E-state index is 0.170. The molecule has 0 radical (unpaired) electrons. The molecule has 0 aliphatic rings. The van der Waals surface area contributed by atoms with Crippen molar-refractivity contribution in [3.05, 3.63) is 96.1 Å². The first-order valence-corrected chi connectivity index (χ1v) is 7.55. The third-order valence-electron chi connectivity index (χ3n) is 3.47. The van der Waals surface area contributed by atoms with Crippen LogP contribution in [0.5, 0.6) is 0 Å². The van der Waals surface area contributed by atoms with Crippen LogP contribution in [-0.2, 0) is 0 Å². The third-order valence-corrected chi connectivity index (χ3v) is 3.47. The average molecular weight is 316 g/mol. The summed E-state index contributed by atoms with van der Waals surface area (Å²) in [7, 11) is 0. The van der Waals surface area contributed by atoms with Gasteiger partial charge in [-0.2, -0.15) is 0 Å². The summed E-state index contributed by atoms with van der Waals surface area (Å²) in [4.78, 5) is 24.2. The summed E-state index contributed by atoms with van der Waals surface area (Å²) in [5.74, 6) is -0.339. The number of carbonyl (C=O) groups is 2. The van der Waals surface area contributed by atoms with Crippen molar-refractivity contribution in [2.75, 3.05) is 10.6 Å². The lowest BCUT2D eigenvalue weighted by molar-refractivity contribution is 0.101. The molecular formula is C20H16N2O2. The topological polar surface area (TPSA) is 58.2 Å². The molecule has 2 N–H and O–H groups in total. The van der Waals surface area contributed by atoms with E-state index in [0.717, 1.165) is 0 Å². The molecule has 3 aromatic rings. The molecule has 0 aliphatic carbocycles. The molecule has 24 heavy (non-hydrogen) atoms. The third kappa shape index (κ3) is 3.87. The second kappa shape index (κ2) is 7.24. The summed E-state index contributed by atoms with van der Waals surface area (Å²) in [6.07, 6.45) is 0. The average Bonchev–Trinajstić information content (AvgIpc) is 2.65. The Morgan fingerprint density at radius 1 is 0.500 bits per heavy atom. The minimum Gasteiger partial charge on any atom is -0.322 e.